The molecular weight excluding hydrogens is 338 g/mol. The molecule has 0 atom stereocenters. The zero-order chi connectivity index (χ0) is 19.1. The maximum absolute atomic E-state index is 6.00. The lowest BCUT2D eigenvalue weighted by molar-refractivity contribution is 0.271. The number of hydrogen-bond acceptors (Lipinski definition) is 4. The largest absolute Gasteiger partial charge is 0.494 e. The first-order valence-corrected chi connectivity index (χ1v) is 9.77. The van der Waals surface area contributed by atoms with E-state index in [4.69, 9.17) is 14.5 Å². The van der Waals surface area contributed by atoms with E-state index in [1.54, 1.807) is 0 Å². The second kappa shape index (κ2) is 9.42. The molecule has 0 aliphatic carbocycles. The standard InChI is InChI=1S/C22H29N3O2/c1-4-24(5-2)15-16-25-21-10-8-7-9-20(21)23-22(25)17-27-19-13-11-18(12-14-19)26-6-3/h7-14H,4-6,15-17H2,1-3H3. The van der Waals surface area contributed by atoms with Gasteiger partial charge in [0, 0.05) is 13.1 Å². The van der Waals surface area contributed by atoms with Crippen LogP contribution in [0.5, 0.6) is 11.5 Å². The number of fused-ring (bicyclic) bond motifs is 1. The molecule has 0 amide bonds. The third-order valence-corrected chi connectivity index (χ3v) is 4.77. The summed E-state index contributed by atoms with van der Waals surface area (Å²) in [4.78, 5) is 7.22. The predicted molar refractivity (Wildman–Crippen MR) is 109 cm³/mol. The highest BCUT2D eigenvalue weighted by Gasteiger charge is 2.12. The normalized spacial score (nSPS) is 11.3. The highest BCUT2D eigenvalue weighted by molar-refractivity contribution is 5.75. The fourth-order valence-corrected chi connectivity index (χ4v) is 3.21. The molecule has 5 nitrogen and oxygen atoms in total. The van der Waals surface area contributed by atoms with Gasteiger partial charge in [0.15, 0.2) is 0 Å². The summed E-state index contributed by atoms with van der Waals surface area (Å²) < 4.78 is 13.8. The molecule has 0 radical (unpaired) electrons. The van der Waals surface area contributed by atoms with Crippen molar-refractivity contribution in [2.24, 2.45) is 0 Å². The van der Waals surface area contributed by atoms with Gasteiger partial charge in [-0.2, -0.15) is 0 Å². The minimum atomic E-state index is 0.445. The maximum atomic E-state index is 6.00. The number of benzene rings is 2. The summed E-state index contributed by atoms with van der Waals surface area (Å²) in [6.45, 7) is 11.5. The smallest absolute Gasteiger partial charge is 0.148 e. The molecular formula is C22H29N3O2. The Labute approximate surface area is 161 Å². The molecule has 2 aromatic carbocycles. The number of imidazole rings is 1. The number of para-hydroxylation sites is 2. The monoisotopic (exact) mass is 367 g/mol. The number of aromatic nitrogens is 2. The van der Waals surface area contributed by atoms with Gasteiger partial charge in [0.25, 0.3) is 0 Å². The van der Waals surface area contributed by atoms with E-state index in [2.05, 4.69) is 41.5 Å². The van der Waals surface area contributed by atoms with Gasteiger partial charge >= 0.3 is 0 Å². The van der Waals surface area contributed by atoms with E-state index in [9.17, 15) is 0 Å². The van der Waals surface area contributed by atoms with Crippen LogP contribution in [0, 0.1) is 0 Å². The van der Waals surface area contributed by atoms with Crippen LogP contribution in [0.15, 0.2) is 48.5 Å². The Hall–Kier alpha value is -2.53. The maximum Gasteiger partial charge on any atom is 0.148 e. The van der Waals surface area contributed by atoms with Crippen LogP contribution in [0.2, 0.25) is 0 Å². The molecule has 1 aromatic heterocycles. The van der Waals surface area contributed by atoms with Crippen molar-refractivity contribution in [3.05, 3.63) is 54.4 Å². The highest BCUT2D eigenvalue weighted by atomic mass is 16.5. The summed E-state index contributed by atoms with van der Waals surface area (Å²) in [6.07, 6.45) is 0. The Morgan fingerprint density at radius 1 is 0.889 bits per heavy atom. The molecule has 0 unspecified atom stereocenters. The fourth-order valence-electron chi connectivity index (χ4n) is 3.21. The lowest BCUT2D eigenvalue weighted by atomic mass is 10.3. The van der Waals surface area contributed by atoms with Crippen molar-refractivity contribution in [3.63, 3.8) is 0 Å². The topological polar surface area (TPSA) is 39.5 Å². The molecule has 3 rings (SSSR count). The molecule has 144 valence electrons. The first-order chi connectivity index (χ1) is 13.2. The van der Waals surface area contributed by atoms with Gasteiger partial charge in [-0.15, -0.1) is 0 Å². The Morgan fingerprint density at radius 3 is 2.22 bits per heavy atom. The van der Waals surface area contributed by atoms with E-state index < -0.39 is 0 Å². The van der Waals surface area contributed by atoms with Crippen LogP contribution in [-0.4, -0.2) is 40.7 Å². The SMILES string of the molecule is CCOc1ccc(OCc2nc3ccccc3n2CCN(CC)CC)cc1. The second-order valence-corrected chi connectivity index (χ2v) is 6.39. The van der Waals surface area contributed by atoms with Gasteiger partial charge in [-0.05, 0) is 56.4 Å². The Bertz CT molecular complexity index is 838. The van der Waals surface area contributed by atoms with E-state index in [-0.39, 0.29) is 0 Å². The van der Waals surface area contributed by atoms with Crippen LogP contribution in [0.3, 0.4) is 0 Å². The molecule has 0 aliphatic rings. The number of ether oxygens (including phenoxy) is 2. The van der Waals surface area contributed by atoms with Crippen molar-refractivity contribution in [1.82, 2.24) is 14.5 Å². The van der Waals surface area contributed by atoms with Gasteiger partial charge in [0.05, 0.1) is 17.6 Å². The van der Waals surface area contributed by atoms with Crippen molar-refractivity contribution in [2.75, 3.05) is 26.2 Å². The molecule has 0 bridgehead atoms. The number of likely N-dealkylation sites (N-methyl/N-ethyl adjacent to an activating group) is 1. The van der Waals surface area contributed by atoms with Crippen LogP contribution in [-0.2, 0) is 13.2 Å². The molecule has 27 heavy (non-hydrogen) atoms. The molecule has 3 aromatic rings. The third kappa shape index (κ3) is 4.80. The van der Waals surface area contributed by atoms with E-state index in [0.717, 1.165) is 54.5 Å². The fraction of sp³-hybridized carbons (Fsp3) is 0.409. The summed E-state index contributed by atoms with van der Waals surface area (Å²) in [7, 11) is 0. The average Bonchev–Trinajstić information content (AvgIpc) is 3.06. The molecule has 0 saturated carbocycles. The van der Waals surface area contributed by atoms with Gasteiger partial charge in [0.2, 0.25) is 0 Å². The van der Waals surface area contributed by atoms with E-state index >= 15 is 0 Å². The van der Waals surface area contributed by atoms with Crippen LogP contribution >= 0.6 is 0 Å². The quantitative estimate of drug-likeness (QED) is 0.534. The summed E-state index contributed by atoms with van der Waals surface area (Å²) in [5.74, 6) is 2.63. The second-order valence-electron chi connectivity index (χ2n) is 6.39. The summed E-state index contributed by atoms with van der Waals surface area (Å²) in [6, 6.07) is 16.0. The molecule has 0 aliphatic heterocycles. The summed E-state index contributed by atoms with van der Waals surface area (Å²) in [5, 5.41) is 0. The molecule has 0 N–H and O–H groups in total. The Kier molecular flexibility index (Phi) is 6.71. The van der Waals surface area contributed by atoms with Crippen molar-refractivity contribution < 1.29 is 9.47 Å². The lowest BCUT2D eigenvalue weighted by Crippen LogP contribution is -2.27. The Morgan fingerprint density at radius 2 is 1.56 bits per heavy atom. The van der Waals surface area contributed by atoms with Gasteiger partial charge in [-0.25, -0.2) is 4.98 Å². The first-order valence-electron chi connectivity index (χ1n) is 9.77. The van der Waals surface area contributed by atoms with Gasteiger partial charge in [-0.1, -0.05) is 26.0 Å². The third-order valence-electron chi connectivity index (χ3n) is 4.77. The van der Waals surface area contributed by atoms with Crippen molar-refractivity contribution >= 4 is 11.0 Å². The minimum absolute atomic E-state index is 0.445. The van der Waals surface area contributed by atoms with Crippen LogP contribution in [0.1, 0.15) is 26.6 Å². The van der Waals surface area contributed by atoms with Crippen LogP contribution < -0.4 is 9.47 Å². The number of rotatable bonds is 10. The van der Waals surface area contributed by atoms with Gasteiger partial charge < -0.3 is 18.9 Å². The van der Waals surface area contributed by atoms with E-state index in [0.29, 0.717) is 13.2 Å². The van der Waals surface area contributed by atoms with Crippen molar-refractivity contribution in [2.45, 2.75) is 33.9 Å². The molecule has 0 fully saturated rings. The van der Waals surface area contributed by atoms with E-state index in [1.165, 1.54) is 0 Å². The van der Waals surface area contributed by atoms with Crippen molar-refractivity contribution in [3.8, 4) is 11.5 Å². The zero-order valence-corrected chi connectivity index (χ0v) is 16.5. The molecule has 0 spiro atoms. The van der Waals surface area contributed by atoms with Gasteiger partial charge in [-0.3, -0.25) is 0 Å². The average molecular weight is 367 g/mol. The summed E-state index contributed by atoms with van der Waals surface area (Å²) in [5.41, 5.74) is 2.18. The van der Waals surface area contributed by atoms with Gasteiger partial charge in [0.1, 0.15) is 23.9 Å². The predicted octanol–water partition coefficient (Wildman–Crippen LogP) is 4.36. The highest BCUT2D eigenvalue weighted by Crippen LogP contribution is 2.21. The molecule has 1 heterocycles. The Balaban J connectivity index is 1.75. The first kappa shape index (κ1) is 19.2. The number of nitrogens with zero attached hydrogens (tertiary/aromatic N) is 3. The molecule has 0 saturated heterocycles. The molecule has 5 heteroatoms. The van der Waals surface area contributed by atoms with Crippen LogP contribution in [0.25, 0.3) is 11.0 Å². The van der Waals surface area contributed by atoms with Crippen LogP contribution in [0.4, 0.5) is 0 Å². The minimum Gasteiger partial charge on any atom is -0.494 e. The zero-order valence-electron chi connectivity index (χ0n) is 16.5. The van der Waals surface area contributed by atoms with E-state index in [1.807, 2.05) is 37.3 Å². The summed E-state index contributed by atoms with van der Waals surface area (Å²) >= 11 is 0. The van der Waals surface area contributed by atoms with Crippen molar-refractivity contribution in [1.29, 1.82) is 0 Å². The lowest BCUT2D eigenvalue weighted by Gasteiger charge is -2.19. The number of hydrogen-bond donors (Lipinski definition) is 0.